The fourth-order valence-corrected chi connectivity index (χ4v) is 2.96. The number of halogens is 1. The van der Waals surface area contributed by atoms with Gasteiger partial charge in [0.05, 0.1) is 17.9 Å². The molecule has 1 heterocycles. The summed E-state index contributed by atoms with van der Waals surface area (Å²) < 4.78 is 20.1. The smallest absolute Gasteiger partial charge is 0.146 e. The Labute approximate surface area is 120 Å². The van der Waals surface area contributed by atoms with Crippen molar-refractivity contribution in [3.05, 3.63) is 29.6 Å². The zero-order valence-electron chi connectivity index (χ0n) is 12.2. The van der Waals surface area contributed by atoms with Crippen LogP contribution < -0.4 is 10.2 Å². The van der Waals surface area contributed by atoms with Gasteiger partial charge >= 0.3 is 0 Å². The number of rotatable bonds is 4. The van der Waals surface area contributed by atoms with Crippen molar-refractivity contribution >= 4 is 5.69 Å². The van der Waals surface area contributed by atoms with Gasteiger partial charge < -0.3 is 15.0 Å². The number of morpholine rings is 1. The highest BCUT2D eigenvalue weighted by atomic mass is 19.1. The van der Waals surface area contributed by atoms with Gasteiger partial charge in [0.15, 0.2) is 0 Å². The summed E-state index contributed by atoms with van der Waals surface area (Å²) >= 11 is 0. The number of benzene rings is 1. The van der Waals surface area contributed by atoms with E-state index < -0.39 is 0 Å². The number of ether oxygens (including phenoxy) is 1. The summed E-state index contributed by atoms with van der Waals surface area (Å²) in [4.78, 5) is 2.14. The van der Waals surface area contributed by atoms with Gasteiger partial charge in [-0.1, -0.05) is 12.1 Å². The molecule has 1 aromatic carbocycles. The topological polar surface area (TPSA) is 24.5 Å². The van der Waals surface area contributed by atoms with E-state index in [4.69, 9.17) is 4.74 Å². The highest BCUT2D eigenvalue weighted by Gasteiger charge is 2.27. The molecule has 1 aliphatic carbocycles. The van der Waals surface area contributed by atoms with Crippen molar-refractivity contribution in [1.29, 1.82) is 0 Å². The minimum absolute atomic E-state index is 0.124. The summed E-state index contributed by atoms with van der Waals surface area (Å²) in [5.41, 5.74) is 1.81. The van der Waals surface area contributed by atoms with Gasteiger partial charge in [-0.3, -0.25) is 0 Å². The zero-order valence-corrected chi connectivity index (χ0v) is 12.2. The second-order valence-corrected chi connectivity index (χ2v) is 6.07. The Bertz CT molecular complexity index is 466. The number of hydrogen-bond donors (Lipinski definition) is 1. The molecule has 1 saturated carbocycles. The molecule has 0 aromatic heterocycles. The first-order valence-electron chi connectivity index (χ1n) is 7.54. The van der Waals surface area contributed by atoms with E-state index >= 15 is 0 Å². The number of anilines is 1. The van der Waals surface area contributed by atoms with Crippen LogP contribution in [0.3, 0.4) is 0 Å². The Morgan fingerprint density at radius 3 is 2.60 bits per heavy atom. The Morgan fingerprint density at radius 2 is 1.95 bits per heavy atom. The van der Waals surface area contributed by atoms with Gasteiger partial charge in [0, 0.05) is 25.7 Å². The molecule has 0 bridgehead atoms. The molecule has 2 atom stereocenters. The molecule has 0 amide bonds. The predicted molar refractivity (Wildman–Crippen MR) is 78.5 cm³/mol. The summed E-state index contributed by atoms with van der Waals surface area (Å²) in [6.07, 6.45) is 2.78. The van der Waals surface area contributed by atoms with E-state index in [1.165, 1.54) is 12.8 Å². The molecule has 1 N–H and O–H groups in total. The standard InChI is InChI=1S/C16H23FN2O/c1-11-9-19(10-12(2)20-11)16-13(4-3-5-15(16)17)8-18-14-6-7-14/h3-5,11-12,14,18H,6-10H2,1-2H3. The largest absolute Gasteiger partial charge is 0.372 e. The van der Waals surface area contributed by atoms with Gasteiger partial charge in [0.1, 0.15) is 5.82 Å². The fraction of sp³-hybridized carbons (Fsp3) is 0.625. The summed E-state index contributed by atoms with van der Waals surface area (Å²) in [5.74, 6) is -0.124. The van der Waals surface area contributed by atoms with Crippen molar-refractivity contribution < 1.29 is 9.13 Å². The maximum Gasteiger partial charge on any atom is 0.146 e. The summed E-state index contributed by atoms with van der Waals surface area (Å²) in [6, 6.07) is 6.02. The van der Waals surface area contributed by atoms with Gasteiger partial charge in [0.25, 0.3) is 0 Å². The average Bonchev–Trinajstić information content (AvgIpc) is 3.19. The van der Waals surface area contributed by atoms with E-state index in [0.29, 0.717) is 6.04 Å². The molecule has 20 heavy (non-hydrogen) atoms. The molecule has 3 nitrogen and oxygen atoms in total. The monoisotopic (exact) mass is 278 g/mol. The second-order valence-electron chi connectivity index (χ2n) is 6.07. The normalized spacial score (nSPS) is 26.9. The van der Waals surface area contributed by atoms with Crippen molar-refractivity contribution in [2.45, 2.75) is 51.5 Å². The predicted octanol–water partition coefficient (Wildman–Crippen LogP) is 2.69. The first-order chi connectivity index (χ1) is 9.63. The van der Waals surface area contributed by atoms with Crippen LogP contribution in [0.4, 0.5) is 10.1 Å². The van der Waals surface area contributed by atoms with Crippen LogP contribution in [-0.2, 0) is 11.3 Å². The van der Waals surface area contributed by atoms with E-state index in [1.807, 2.05) is 19.9 Å². The van der Waals surface area contributed by atoms with Gasteiger partial charge in [-0.05, 0) is 38.3 Å². The Morgan fingerprint density at radius 1 is 1.25 bits per heavy atom. The fourth-order valence-electron chi connectivity index (χ4n) is 2.96. The molecule has 2 fully saturated rings. The lowest BCUT2D eigenvalue weighted by Gasteiger charge is -2.38. The number of nitrogens with one attached hydrogen (secondary N) is 1. The molecule has 4 heteroatoms. The van der Waals surface area contributed by atoms with Crippen molar-refractivity contribution in [1.82, 2.24) is 5.32 Å². The van der Waals surface area contributed by atoms with E-state index in [9.17, 15) is 4.39 Å². The lowest BCUT2D eigenvalue weighted by molar-refractivity contribution is -0.00544. The van der Waals surface area contributed by atoms with Gasteiger partial charge in [-0.15, -0.1) is 0 Å². The van der Waals surface area contributed by atoms with Crippen molar-refractivity contribution in [2.24, 2.45) is 0 Å². The van der Waals surface area contributed by atoms with Crippen LogP contribution in [0.1, 0.15) is 32.3 Å². The van der Waals surface area contributed by atoms with Crippen LogP contribution in [0.5, 0.6) is 0 Å². The number of hydrogen-bond acceptors (Lipinski definition) is 3. The third kappa shape index (κ3) is 3.13. The van der Waals surface area contributed by atoms with Crippen LogP contribution in [-0.4, -0.2) is 31.3 Å². The molecule has 3 rings (SSSR count). The second kappa shape index (κ2) is 5.70. The van der Waals surface area contributed by atoms with E-state index in [2.05, 4.69) is 10.2 Å². The van der Waals surface area contributed by atoms with Crippen LogP contribution >= 0.6 is 0 Å². The van der Waals surface area contributed by atoms with Crippen molar-refractivity contribution in [3.8, 4) is 0 Å². The first-order valence-corrected chi connectivity index (χ1v) is 7.54. The summed E-state index contributed by atoms with van der Waals surface area (Å²) in [5, 5.41) is 3.48. The molecule has 2 aliphatic rings. The van der Waals surface area contributed by atoms with Crippen LogP contribution in [0.25, 0.3) is 0 Å². The summed E-state index contributed by atoms with van der Waals surface area (Å²) in [7, 11) is 0. The van der Waals surface area contributed by atoms with Crippen LogP contribution in [0.15, 0.2) is 18.2 Å². The Hall–Kier alpha value is -1.13. The highest BCUT2D eigenvalue weighted by Crippen LogP contribution is 2.28. The molecule has 1 aromatic rings. The highest BCUT2D eigenvalue weighted by molar-refractivity contribution is 5.55. The third-order valence-corrected chi connectivity index (χ3v) is 3.96. The minimum Gasteiger partial charge on any atom is -0.372 e. The minimum atomic E-state index is -0.124. The van der Waals surface area contributed by atoms with Crippen LogP contribution in [0, 0.1) is 5.82 Å². The zero-order chi connectivity index (χ0) is 14.1. The van der Waals surface area contributed by atoms with Gasteiger partial charge in [-0.2, -0.15) is 0 Å². The van der Waals surface area contributed by atoms with Crippen molar-refractivity contribution in [3.63, 3.8) is 0 Å². The molecule has 0 spiro atoms. The van der Waals surface area contributed by atoms with Crippen LogP contribution in [0.2, 0.25) is 0 Å². The molecule has 1 aliphatic heterocycles. The van der Waals surface area contributed by atoms with Gasteiger partial charge in [-0.25, -0.2) is 4.39 Å². The molecule has 110 valence electrons. The third-order valence-electron chi connectivity index (χ3n) is 3.96. The quantitative estimate of drug-likeness (QED) is 0.916. The number of nitrogens with zero attached hydrogens (tertiary/aromatic N) is 1. The Kier molecular flexibility index (Phi) is 3.94. The maximum atomic E-state index is 14.3. The van der Waals surface area contributed by atoms with E-state index in [0.717, 1.165) is 30.9 Å². The number of para-hydroxylation sites is 1. The maximum absolute atomic E-state index is 14.3. The average molecular weight is 278 g/mol. The van der Waals surface area contributed by atoms with E-state index in [-0.39, 0.29) is 18.0 Å². The molecule has 1 saturated heterocycles. The Balaban J connectivity index is 1.81. The van der Waals surface area contributed by atoms with Crippen molar-refractivity contribution in [2.75, 3.05) is 18.0 Å². The SMILES string of the molecule is CC1CN(c2c(F)cccc2CNC2CC2)CC(C)O1. The van der Waals surface area contributed by atoms with Gasteiger partial charge in [0.2, 0.25) is 0 Å². The molecular weight excluding hydrogens is 255 g/mol. The first kappa shape index (κ1) is 13.8. The molecule has 2 unspecified atom stereocenters. The summed E-state index contributed by atoms with van der Waals surface area (Å²) in [6.45, 7) is 6.35. The molecule has 0 radical (unpaired) electrons. The molecular formula is C16H23FN2O. The lowest BCUT2D eigenvalue weighted by atomic mass is 10.1. The lowest BCUT2D eigenvalue weighted by Crippen LogP contribution is -2.46. The van der Waals surface area contributed by atoms with E-state index in [1.54, 1.807) is 12.1 Å².